The van der Waals surface area contributed by atoms with Gasteiger partial charge in [-0.3, -0.25) is 9.59 Å². The molecule has 0 aliphatic carbocycles. The lowest BCUT2D eigenvalue weighted by Gasteiger charge is -2.22. The van der Waals surface area contributed by atoms with E-state index < -0.39 is 17.6 Å². The monoisotopic (exact) mass is 408 g/mol. The van der Waals surface area contributed by atoms with E-state index in [9.17, 15) is 18.4 Å². The third kappa shape index (κ3) is 4.25. The van der Waals surface area contributed by atoms with E-state index in [1.54, 1.807) is 25.2 Å². The molecule has 1 aliphatic heterocycles. The van der Waals surface area contributed by atoms with Crippen LogP contribution in [0.4, 0.5) is 14.5 Å². The van der Waals surface area contributed by atoms with Crippen molar-refractivity contribution in [1.29, 1.82) is 0 Å². The normalized spacial score (nSPS) is 16.4. The van der Waals surface area contributed by atoms with E-state index in [-0.39, 0.29) is 37.0 Å². The average molecular weight is 409 g/mol. The smallest absolute Gasteiger partial charge is 0.228 e. The van der Waals surface area contributed by atoms with Gasteiger partial charge in [0.05, 0.1) is 13.0 Å². The average Bonchev–Trinajstić information content (AvgIpc) is 3.02. The molecule has 2 amide bonds. The van der Waals surface area contributed by atoms with Crippen molar-refractivity contribution in [2.45, 2.75) is 13.0 Å². The summed E-state index contributed by atoms with van der Waals surface area (Å²) in [6.45, 7) is 0.319. The van der Waals surface area contributed by atoms with Gasteiger partial charge in [0, 0.05) is 48.9 Å². The first kappa shape index (κ1) is 20.1. The van der Waals surface area contributed by atoms with Crippen LogP contribution in [0.25, 0.3) is 0 Å². The van der Waals surface area contributed by atoms with Gasteiger partial charge < -0.3 is 14.5 Å². The summed E-state index contributed by atoms with van der Waals surface area (Å²) in [6, 6.07) is 8.01. The zero-order chi connectivity index (χ0) is 20.4. The van der Waals surface area contributed by atoms with Crippen LogP contribution >= 0.6 is 11.6 Å². The van der Waals surface area contributed by atoms with E-state index in [4.69, 9.17) is 16.3 Å². The molecule has 0 N–H and O–H groups in total. The summed E-state index contributed by atoms with van der Waals surface area (Å²) in [4.78, 5) is 27.9. The van der Waals surface area contributed by atoms with Crippen LogP contribution in [0.2, 0.25) is 5.02 Å². The highest BCUT2D eigenvalue weighted by atomic mass is 35.5. The van der Waals surface area contributed by atoms with Gasteiger partial charge >= 0.3 is 0 Å². The third-order valence-corrected chi connectivity index (χ3v) is 4.89. The maximum atomic E-state index is 13.5. The molecule has 0 spiro atoms. The van der Waals surface area contributed by atoms with Crippen molar-refractivity contribution >= 4 is 29.1 Å². The fourth-order valence-corrected chi connectivity index (χ4v) is 3.53. The molecule has 1 aliphatic rings. The van der Waals surface area contributed by atoms with Crippen molar-refractivity contribution in [3.63, 3.8) is 0 Å². The number of amides is 2. The molecule has 0 aromatic heterocycles. The molecule has 0 radical (unpaired) electrons. The second kappa shape index (κ2) is 8.14. The molecule has 1 saturated heterocycles. The van der Waals surface area contributed by atoms with Crippen LogP contribution in [-0.2, 0) is 16.1 Å². The molecule has 1 heterocycles. The van der Waals surface area contributed by atoms with Gasteiger partial charge in [-0.1, -0.05) is 11.6 Å². The minimum Gasteiger partial charge on any atom is -0.496 e. The molecular formula is C20H19ClF2N2O3. The van der Waals surface area contributed by atoms with Crippen molar-refractivity contribution in [3.05, 3.63) is 58.6 Å². The van der Waals surface area contributed by atoms with Gasteiger partial charge in [0.2, 0.25) is 11.8 Å². The molecule has 148 valence electrons. The lowest BCUT2D eigenvalue weighted by atomic mass is 10.1. The molecule has 3 rings (SSSR count). The lowest BCUT2D eigenvalue weighted by Crippen LogP contribution is -2.34. The maximum absolute atomic E-state index is 13.5. The number of carbonyl (C=O) groups excluding carboxylic acids is 2. The standard InChI is InChI=1S/C20H19ClF2N2O3/c1-24(10-12-5-14(21)3-4-18(12)28-2)20(27)13-6-19(26)25(11-13)17-8-15(22)7-16(23)9-17/h3-5,7-9,13H,6,10-11H2,1-2H3. The number of methoxy groups -OCH3 is 1. The number of rotatable bonds is 5. The number of halogens is 3. The van der Waals surface area contributed by atoms with E-state index in [2.05, 4.69) is 0 Å². The summed E-state index contributed by atoms with van der Waals surface area (Å²) in [5.41, 5.74) is 0.844. The lowest BCUT2D eigenvalue weighted by molar-refractivity contribution is -0.135. The Balaban J connectivity index is 1.73. The maximum Gasteiger partial charge on any atom is 0.228 e. The van der Waals surface area contributed by atoms with Crippen molar-refractivity contribution in [2.24, 2.45) is 5.92 Å². The Hall–Kier alpha value is -2.67. The molecule has 1 atom stereocenters. The van der Waals surface area contributed by atoms with E-state index in [1.165, 1.54) is 16.9 Å². The van der Waals surface area contributed by atoms with Gasteiger partial charge in [-0.25, -0.2) is 8.78 Å². The molecule has 0 saturated carbocycles. The highest BCUT2D eigenvalue weighted by Gasteiger charge is 2.37. The molecule has 1 fully saturated rings. The van der Waals surface area contributed by atoms with E-state index >= 15 is 0 Å². The number of hydrogen-bond donors (Lipinski definition) is 0. The summed E-state index contributed by atoms with van der Waals surface area (Å²) in [6.07, 6.45) is -0.0199. The quantitative estimate of drug-likeness (QED) is 0.759. The van der Waals surface area contributed by atoms with E-state index in [0.717, 1.165) is 23.8 Å². The van der Waals surface area contributed by atoms with Gasteiger partial charge in [0.1, 0.15) is 17.4 Å². The molecule has 1 unspecified atom stereocenters. The summed E-state index contributed by atoms with van der Waals surface area (Å²) in [5, 5.41) is 0.520. The van der Waals surface area contributed by atoms with Crippen LogP contribution in [0.15, 0.2) is 36.4 Å². The van der Waals surface area contributed by atoms with Gasteiger partial charge in [-0.05, 0) is 30.3 Å². The van der Waals surface area contributed by atoms with Crippen LogP contribution in [0.1, 0.15) is 12.0 Å². The Morgan fingerprint density at radius 1 is 1.25 bits per heavy atom. The predicted octanol–water partition coefficient (Wildman–Crippen LogP) is 3.64. The summed E-state index contributed by atoms with van der Waals surface area (Å²) in [5.74, 6) is -2.14. The molecule has 8 heteroatoms. The fourth-order valence-electron chi connectivity index (χ4n) is 3.33. The number of hydrogen-bond acceptors (Lipinski definition) is 3. The van der Waals surface area contributed by atoms with Crippen molar-refractivity contribution < 1.29 is 23.1 Å². The van der Waals surface area contributed by atoms with Gasteiger partial charge in [-0.2, -0.15) is 0 Å². The molecule has 2 aromatic carbocycles. The Kier molecular flexibility index (Phi) is 5.84. The van der Waals surface area contributed by atoms with Crippen LogP contribution in [0, 0.1) is 17.6 Å². The Labute approximate surface area is 166 Å². The first-order valence-electron chi connectivity index (χ1n) is 8.62. The van der Waals surface area contributed by atoms with Crippen molar-refractivity contribution in [2.75, 3.05) is 25.6 Å². The largest absolute Gasteiger partial charge is 0.496 e. The topological polar surface area (TPSA) is 49.9 Å². The van der Waals surface area contributed by atoms with E-state index in [0.29, 0.717) is 10.8 Å². The molecule has 2 aromatic rings. The molecule has 5 nitrogen and oxygen atoms in total. The molecular weight excluding hydrogens is 390 g/mol. The zero-order valence-electron chi connectivity index (χ0n) is 15.4. The first-order valence-corrected chi connectivity index (χ1v) is 9.00. The third-order valence-electron chi connectivity index (χ3n) is 4.66. The minimum atomic E-state index is -0.775. The molecule has 0 bridgehead atoms. The second-order valence-corrected chi connectivity index (χ2v) is 7.12. The van der Waals surface area contributed by atoms with Crippen molar-refractivity contribution in [3.8, 4) is 5.75 Å². The predicted molar refractivity (Wildman–Crippen MR) is 101 cm³/mol. The summed E-state index contributed by atoms with van der Waals surface area (Å²) >= 11 is 6.02. The van der Waals surface area contributed by atoms with Crippen LogP contribution < -0.4 is 9.64 Å². The number of ether oxygens (including phenoxy) is 1. The second-order valence-electron chi connectivity index (χ2n) is 6.68. The minimum absolute atomic E-state index is 0.0199. The fraction of sp³-hybridized carbons (Fsp3) is 0.300. The summed E-state index contributed by atoms with van der Waals surface area (Å²) < 4.78 is 32.2. The Bertz CT molecular complexity index is 902. The number of nitrogens with zero attached hydrogens (tertiary/aromatic N) is 2. The highest BCUT2D eigenvalue weighted by Crippen LogP contribution is 2.29. The Morgan fingerprint density at radius 3 is 2.57 bits per heavy atom. The SMILES string of the molecule is COc1ccc(Cl)cc1CN(C)C(=O)C1CC(=O)N(c2cc(F)cc(F)c2)C1. The van der Waals surface area contributed by atoms with Gasteiger partial charge in [0.25, 0.3) is 0 Å². The van der Waals surface area contributed by atoms with Crippen LogP contribution in [0.5, 0.6) is 5.75 Å². The Morgan fingerprint density at radius 2 is 1.93 bits per heavy atom. The van der Waals surface area contributed by atoms with Gasteiger partial charge in [-0.15, -0.1) is 0 Å². The number of carbonyl (C=O) groups is 2. The van der Waals surface area contributed by atoms with E-state index in [1.807, 2.05) is 0 Å². The van der Waals surface area contributed by atoms with Crippen LogP contribution in [-0.4, -0.2) is 37.4 Å². The number of anilines is 1. The number of benzene rings is 2. The molecule has 28 heavy (non-hydrogen) atoms. The summed E-state index contributed by atoms with van der Waals surface area (Å²) in [7, 11) is 3.15. The van der Waals surface area contributed by atoms with Gasteiger partial charge in [0.15, 0.2) is 0 Å². The highest BCUT2D eigenvalue weighted by molar-refractivity contribution is 6.30. The first-order chi connectivity index (χ1) is 13.3. The zero-order valence-corrected chi connectivity index (χ0v) is 16.2. The van der Waals surface area contributed by atoms with Crippen LogP contribution in [0.3, 0.4) is 0 Å². The van der Waals surface area contributed by atoms with Crippen molar-refractivity contribution in [1.82, 2.24) is 4.90 Å².